The average molecular weight is 330 g/mol. The van der Waals surface area contributed by atoms with Crippen molar-refractivity contribution in [2.24, 2.45) is 0 Å². The van der Waals surface area contributed by atoms with E-state index in [0.29, 0.717) is 17.7 Å². The molecular formula is C13H22N4O2S2. The molecule has 2 N–H and O–H groups in total. The molecule has 0 bridgehead atoms. The average Bonchev–Trinajstić information content (AvgIpc) is 3.02. The van der Waals surface area contributed by atoms with Gasteiger partial charge in [-0.1, -0.05) is 0 Å². The van der Waals surface area contributed by atoms with Gasteiger partial charge in [-0.15, -0.1) is 11.3 Å². The zero-order valence-electron chi connectivity index (χ0n) is 12.3. The maximum absolute atomic E-state index is 12.2. The molecule has 6 nitrogen and oxygen atoms in total. The van der Waals surface area contributed by atoms with E-state index in [1.54, 1.807) is 7.05 Å². The third-order valence-electron chi connectivity index (χ3n) is 3.88. The monoisotopic (exact) mass is 330 g/mol. The van der Waals surface area contributed by atoms with Crippen LogP contribution in [0.3, 0.4) is 0 Å². The lowest BCUT2D eigenvalue weighted by molar-refractivity contribution is 0.458. The van der Waals surface area contributed by atoms with Crippen LogP contribution in [0.5, 0.6) is 0 Å². The number of nitrogens with zero attached hydrogens (tertiary/aromatic N) is 2. The van der Waals surface area contributed by atoms with Crippen molar-refractivity contribution in [3.8, 4) is 0 Å². The molecule has 0 aromatic carbocycles. The number of hydrogen-bond donors (Lipinski definition) is 2. The van der Waals surface area contributed by atoms with E-state index in [9.17, 15) is 8.42 Å². The number of aryl methyl sites for hydroxylation is 2. The van der Waals surface area contributed by atoms with Crippen LogP contribution in [-0.2, 0) is 23.1 Å². The Labute approximate surface area is 130 Å². The molecule has 0 unspecified atom stereocenters. The number of thiazole rings is 1. The molecule has 2 aliphatic carbocycles. The maximum atomic E-state index is 12.2. The lowest BCUT2D eigenvalue weighted by atomic mass is 10.4. The number of rotatable bonds is 8. The van der Waals surface area contributed by atoms with E-state index < -0.39 is 10.2 Å². The van der Waals surface area contributed by atoms with Crippen LogP contribution >= 0.6 is 11.3 Å². The fourth-order valence-corrected chi connectivity index (χ4v) is 4.61. The topological polar surface area (TPSA) is 74.3 Å². The molecule has 3 rings (SSSR count). The van der Waals surface area contributed by atoms with Gasteiger partial charge in [-0.3, -0.25) is 0 Å². The van der Waals surface area contributed by atoms with Gasteiger partial charge in [0.25, 0.3) is 0 Å². The molecule has 2 aliphatic rings. The molecular weight excluding hydrogens is 308 g/mol. The Morgan fingerprint density at radius 2 is 2.19 bits per heavy atom. The second-order valence-corrected chi connectivity index (χ2v) is 8.61. The summed E-state index contributed by atoms with van der Waals surface area (Å²) in [7, 11) is -1.87. The van der Waals surface area contributed by atoms with Crippen LogP contribution in [0.4, 0.5) is 5.13 Å². The number of fused-ring (bicyclic) bond motifs is 1. The SMILES string of the molecule is CN(CCCNC1CC1)S(=O)(=O)Nc1nc2c(s1)CCC2. The molecule has 0 atom stereocenters. The van der Waals surface area contributed by atoms with Gasteiger partial charge in [0.15, 0.2) is 5.13 Å². The summed E-state index contributed by atoms with van der Waals surface area (Å²) in [5.74, 6) is 0. The van der Waals surface area contributed by atoms with Gasteiger partial charge < -0.3 is 5.32 Å². The molecule has 0 aliphatic heterocycles. The van der Waals surface area contributed by atoms with Gasteiger partial charge >= 0.3 is 10.2 Å². The lowest BCUT2D eigenvalue weighted by Gasteiger charge is -2.17. The zero-order chi connectivity index (χ0) is 14.9. The van der Waals surface area contributed by atoms with E-state index in [1.165, 1.54) is 33.4 Å². The highest BCUT2D eigenvalue weighted by molar-refractivity contribution is 7.90. The molecule has 0 saturated heterocycles. The van der Waals surface area contributed by atoms with Crippen molar-refractivity contribution >= 4 is 26.7 Å². The van der Waals surface area contributed by atoms with E-state index in [1.807, 2.05) is 0 Å². The Morgan fingerprint density at radius 1 is 1.38 bits per heavy atom. The first-order valence-corrected chi connectivity index (χ1v) is 9.76. The van der Waals surface area contributed by atoms with Crippen LogP contribution in [0, 0.1) is 0 Å². The number of nitrogens with one attached hydrogen (secondary N) is 2. The summed E-state index contributed by atoms with van der Waals surface area (Å²) in [5, 5.41) is 3.89. The second kappa shape index (κ2) is 6.20. The first-order chi connectivity index (χ1) is 10.0. The Bertz CT molecular complexity index is 574. The maximum Gasteiger partial charge on any atom is 0.303 e. The van der Waals surface area contributed by atoms with Gasteiger partial charge in [0.2, 0.25) is 0 Å². The Hall–Kier alpha value is -0.700. The third-order valence-corrected chi connectivity index (χ3v) is 6.54. The van der Waals surface area contributed by atoms with Crippen molar-refractivity contribution in [3.05, 3.63) is 10.6 Å². The number of aromatic nitrogens is 1. The number of hydrogen-bond acceptors (Lipinski definition) is 5. The second-order valence-electron chi connectivity index (χ2n) is 5.75. The van der Waals surface area contributed by atoms with E-state index in [-0.39, 0.29) is 0 Å². The van der Waals surface area contributed by atoms with Gasteiger partial charge in [-0.2, -0.15) is 12.7 Å². The molecule has 8 heteroatoms. The first-order valence-electron chi connectivity index (χ1n) is 7.50. The van der Waals surface area contributed by atoms with Crippen molar-refractivity contribution in [2.75, 3.05) is 24.9 Å². The Kier molecular flexibility index (Phi) is 4.49. The summed E-state index contributed by atoms with van der Waals surface area (Å²) in [4.78, 5) is 5.60. The molecule has 0 amide bonds. The molecule has 1 fully saturated rings. The van der Waals surface area contributed by atoms with E-state index in [4.69, 9.17) is 0 Å². The van der Waals surface area contributed by atoms with Gasteiger partial charge in [0.1, 0.15) is 0 Å². The highest BCUT2D eigenvalue weighted by atomic mass is 32.2. The minimum Gasteiger partial charge on any atom is -0.314 e. The van der Waals surface area contributed by atoms with Gasteiger partial charge in [-0.25, -0.2) is 9.71 Å². The van der Waals surface area contributed by atoms with Crippen LogP contribution in [0.25, 0.3) is 0 Å². The van der Waals surface area contributed by atoms with E-state index in [0.717, 1.165) is 37.9 Å². The van der Waals surface area contributed by atoms with Gasteiger partial charge in [-0.05, 0) is 45.1 Å². The summed E-state index contributed by atoms with van der Waals surface area (Å²) in [6, 6.07) is 0.669. The molecule has 118 valence electrons. The molecule has 1 aromatic heterocycles. The number of anilines is 1. The predicted octanol–water partition coefficient (Wildman–Crippen LogP) is 1.36. The molecule has 21 heavy (non-hydrogen) atoms. The van der Waals surface area contributed by atoms with E-state index >= 15 is 0 Å². The van der Waals surface area contributed by atoms with Crippen molar-refractivity contribution in [3.63, 3.8) is 0 Å². The molecule has 1 heterocycles. The zero-order valence-corrected chi connectivity index (χ0v) is 13.9. The van der Waals surface area contributed by atoms with Crippen molar-refractivity contribution in [2.45, 2.75) is 44.6 Å². The molecule has 0 spiro atoms. The van der Waals surface area contributed by atoms with Gasteiger partial charge in [0.05, 0.1) is 5.69 Å². The van der Waals surface area contributed by atoms with Crippen LogP contribution < -0.4 is 10.0 Å². The van der Waals surface area contributed by atoms with Crippen LogP contribution in [0.1, 0.15) is 36.3 Å². The van der Waals surface area contributed by atoms with Crippen LogP contribution in [0.2, 0.25) is 0 Å². The summed E-state index contributed by atoms with van der Waals surface area (Å²) < 4.78 is 28.4. The largest absolute Gasteiger partial charge is 0.314 e. The van der Waals surface area contributed by atoms with Crippen LogP contribution in [0.15, 0.2) is 0 Å². The van der Waals surface area contributed by atoms with Crippen LogP contribution in [-0.4, -0.2) is 43.9 Å². The quantitative estimate of drug-likeness (QED) is 0.706. The summed E-state index contributed by atoms with van der Waals surface area (Å²) in [6.45, 7) is 1.39. The molecule has 1 saturated carbocycles. The molecule has 0 radical (unpaired) electrons. The normalized spacial score (nSPS) is 18.2. The van der Waals surface area contributed by atoms with Gasteiger partial charge in [0, 0.05) is 24.5 Å². The summed E-state index contributed by atoms with van der Waals surface area (Å²) >= 11 is 1.47. The lowest BCUT2D eigenvalue weighted by Crippen LogP contribution is -2.34. The minimum absolute atomic E-state index is 0.502. The molecule has 1 aromatic rings. The smallest absolute Gasteiger partial charge is 0.303 e. The summed E-state index contributed by atoms with van der Waals surface area (Å²) in [6.07, 6.45) is 6.46. The van der Waals surface area contributed by atoms with Crippen molar-refractivity contribution in [1.29, 1.82) is 0 Å². The predicted molar refractivity (Wildman–Crippen MR) is 85.0 cm³/mol. The van der Waals surface area contributed by atoms with Crippen molar-refractivity contribution < 1.29 is 8.42 Å². The Morgan fingerprint density at radius 3 is 2.90 bits per heavy atom. The highest BCUT2D eigenvalue weighted by Crippen LogP contribution is 2.31. The first kappa shape index (κ1) is 15.2. The highest BCUT2D eigenvalue weighted by Gasteiger charge is 2.23. The fraction of sp³-hybridized carbons (Fsp3) is 0.769. The third kappa shape index (κ3) is 3.94. The minimum atomic E-state index is -3.48. The Balaban J connectivity index is 1.49. The summed E-state index contributed by atoms with van der Waals surface area (Å²) in [5.41, 5.74) is 1.06. The van der Waals surface area contributed by atoms with E-state index in [2.05, 4.69) is 15.0 Å². The van der Waals surface area contributed by atoms with Crippen molar-refractivity contribution in [1.82, 2.24) is 14.6 Å². The standard InChI is InChI=1S/C13H22N4O2S2/c1-17(9-3-8-14-10-6-7-10)21(18,19)16-13-15-11-4-2-5-12(11)20-13/h10,14H,2-9H2,1H3,(H,15,16). The fourth-order valence-electron chi connectivity index (χ4n) is 2.44.